The lowest BCUT2D eigenvalue weighted by Gasteiger charge is -2.21. The number of nitrogens with one attached hydrogen (secondary N) is 2. The molecule has 1 fully saturated rings. The summed E-state index contributed by atoms with van der Waals surface area (Å²) in [5.41, 5.74) is 2.77. The van der Waals surface area contributed by atoms with E-state index in [1.807, 2.05) is 36.4 Å². The highest BCUT2D eigenvalue weighted by Gasteiger charge is 2.32. The number of rotatable bonds is 6. The molecule has 1 aliphatic heterocycles. The summed E-state index contributed by atoms with van der Waals surface area (Å²) in [6, 6.07) is 14.6. The highest BCUT2D eigenvalue weighted by atomic mass is 16.5. The third-order valence-electron chi connectivity index (χ3n) is 5.96. The van der Waals surface area contributed by atoms with Crippen molar-refractivity contribution in [1.29, 1.82) is 5.26 Å². The topological polar surface area (TPSA) is 130 Å². The van der Waals surface area contributed by atoms with Gasteiger partial charge in [-0.05, 0) is 28.8 Å². The molecule has 9 heteroatoms. The summed E-state index contributed by atoms with van der Waals surface area (Å²) in [6.07, 6.45) is 0.895. The molecule has 0 spiro atoms. The molecular weight excluding hydrogens is 436 g/mol. The molecule has 3 aromatic rings. The Morgan fingerprint density at radius 2 is 2.12 bits per heavy atom. The molecule has 0 radical (unpaired) electrons. The fraction of sp³-hybridized carbons (Fsp3) is 0.320. The van der Waals surface area contributed by atoms with Crippen molar-refractivity contribution in [2.75, 3.05) is 19.7 Å². The predicted octanol–water partition coefficient (Wildman–Crippen LogP) is 1.25. The van der Waals surface area contributed by atoms with E-state index >= 15 is 0 Å². The number of benzene rings is 2. The monoisotopic (exact) mass is 462 g/mol. The number of β-amino-alcohol motifs (C(OH)–C–C–N with tert-alkyl or cyclic N) is 1. The van der Waals surface area contributed by atoms with Crippen LogP contribution in [-0.2, 0) is 23.0 Å². The molecule has 3 unspecified atom stereocenters. The summed E-state index contributed by atoms with van der Waals surface area (Å²) in [5, 5.41) is 25.5. The number of oxazole rings is 1. The number of hydrogen-bond acceptors (Lipinski definition) is 7. The minimum absolute atomic E-state index is 0.0565. The molecule has 1 saturated heterocycles. The number of carbonyl (C=O) groups excluding carboxylic acids is 1. The van der Waals surface area contributed by atoms with Gasteiger partial charge < -0.3 is 24.9 Å². The van der Waals surface area contributed by atoms with Gasteiger partial charge in [0.25, 0.3) is 5.91 Å². The molecule has 1 aromatic heterocycles. The van der Waals surface area contributed by atoms with Gasteiger partial charge in [-0.15, -0.1) is 6.58 Å². The first-order chi connectivity index (χ1) is 16.3. The van der Waals surface area contributed by atoms with Crippen LogP contribution in [-0.4, -0.2) is 53.0 Å². The van der Waals surface area contributed by atoms with Crippen LogP contribution in [0.4, 0.5) is 0 Å². The minimum Gasteiger partial charge on any atom is -0.408 e. The fourth-order valence-electron chi connectivity index (χ4n) is 3.84. The van der Waals surface area contributed by atoms with Gasteiger partial charge >= 0.3 is 5.76 Å². The molecule has 4 rings (SSSR count). The average Bonchev–Trinajstić information content (AvgIpc) is 3.00. The standard InChI is InChI=1S/C25H26N4O5/c1-3-25(32)14-27-13-22(33-15-25)23(30)28-19(12-26)10-16-4-6-17(7-5-16)18-8-9-21-20(11-18)29(2)24(31)34-21/h3-9,11,19,22,27,32H,1,10,13-15H2,2H3,(H,28,30). The van der Waals surface area contributed by atoms with E-state index in [2.05, 4.69) is 23.3 Å². The molecule has 0 aliphatic carbocycles. The number of fused-ring (bicyclic) bond motifs is 1. The van der Waals surface area contributed by atoms with E-state index in [0.717, 1.165) is 16.7 Å². The Labute approximate surface area is 196 Å². The predicted molar refractivity (Wildman–Crippen MR) is 126 cm³/mol. The molecule has 3 N–H and O–H groups in total. The summed E-state index contributed by atoms with van der Waals surface area (Å²) in [4.78, 5) is 24.3. The number of nitriles is 1. The molecular formula is C25H26N4O5. The van der Waals surface area contributed by atoms with E-state index in [1.54, 1.807) is 13.1 Å². The van der Waals surface area contributed by atoms with Gasteiger partial charge in [0.1, 0.15) is 17.7 Å². The van der Waals surface area contributed by atoms with Crippen molar-refractivity contribution in [3.63, 3.8) is 0 Å². The number of ether oxygens (including phenoxy) is 1. The summed E-state index contributed by atoms with van der Waals surface area (Å²) in [6.45, 7) is 3.99. The average molecular weight is 463 g/mol. The Morgan fingerprint density at radius 3 is 2.82 bits per heavy atom. The van der Waals surface area contributed by atoms with Crippen molar-refractivity contribution in [1.82, 2.24) is 15.2 Å². The Hall–Kier alpha value is -3.71. The van der Waals surface area contributed by atoms with E-state index in [1.165, 1.54) is 10.6 Å². The lowest BCUT2D eigenvalue weighted by atomic mass is 10.0. The molecule has 9 nitrogen and oxygen atoms in total. The Bertz CT molecular complexity index is 1300. The Kier molecular flexibility index (Phi) is 6.65. The molecule has 1 amide bonds. The number of aryl methyl sites for hydroxylation is 1. The van der Waals surface area contributed by atoms with Gasteiger partial charge in [0.05, 0.1) is 18.2 Å². The first-order valence-electron chi connectivity index (χ1n) is 10.9. The second-order valence-corrected chi connectivity index (χ2v) is 8.44. The maximum Gasteiger partial charge on any atom is 0.419 e. The number of aromatic nitrogens is 1. The zero-order valence-corrected chi connectivity index (χ0v) is 18.8. The number of amides is 1. The van der Waals surface area contributed by atoms with E-state index in [4.69, 9.17) is 9.15 Å². The molecule has 176 valence electrons. The van der Waals surface area contributed by atoms with Crippen LogP contribution < -0.4 is 16.4 Å². The number of hydrogen-bond donors (Lipinski definition) is 3. The second kappa shape index (κ2) is 9.65. The van der Waals surface area contributed by atoms with Gasteiger partial charge in [0.2, 0.25) is 0 Å². The van der Waals surface area contributed by atoms with Crippen LogP contribution in [0.1, 0.15) is 5.56 Å². The Morgan fingerprint density at radius 1 is 1.38 bits per heavy atom. The fourth-order valence-corrected chi connectivity index (χ4v) is 3.84. The molecule has 2 aromatic carbocycles. The first-order valence-corrected chi connectivity index (χ1v) is 10.9. The number of carbonyl (C=O) groups is 1. The van der Waals surface area contributed by atoms with Crippen molar-refractivity contribution in [2.24, 2.45) is 7.05 Å². The van der Waals surface area contributed by atoms with Crippen LogP contribution in [0.2, 0.25) is 0 Å². The number of aliphatic hydroxyl groups is 1. The second-order valence-electron chi connectivity index (χ2n) is 8.44. The molecule has 0 bridgehead atoms. The van der Waals surface area contributed by atoms with E-state index in [-0.39, 0.29) is 19.7 Å². The highest BCUT2D eigenvalue weighted by molar-refractivity contribution is 5.82. The maximum absolute atomic E-state index is 12.6. The van der Waals surface area contributed by atoms with Gasteiger partial charge in [-0.1, -0.05) is 36.4 Å². The zero-order chi connectivity index (χ0) is 24.3. The largest absolute Gasteiger partial charge is 0.419 e. The van der Waals surface area contributed by atoms with Crippen LogP contribution in [0.3, 0.4) is 0 Å². The van der Waals surface area contributed by atoms with Crippen LogP contribution in [0.5, 0.6) is 0 Å². The van der Waals surface area contributed by atoms with Crippen LogP contribution in [0.25, 0.3) is 22.2 Å². The minimum atomic E-state index is -1.23. The summed E-state index contributed by atoms with van der Waals surface area (Å²) in [5.74, 6) is -0.823. The summed E-state index contributed by atoms with van der Waals surface area (Å²) in [7, 11) is 1.66. The highest BCUT2D eigenvalue weighted by Crippen LogP contribution is 2.24. The van der Waals surface area contributed by atoms with Crippen molar-refractivity contribution in [2.45, 2.75) is 24.2 Å². The molecule has 3 atom stereocenters. The lowest BCUT2D eigenvalue weighted by Crippen LogP contribution is -2.46. The SMILES string of the molecule is C=CC1(O)CNCC(C(=O)NC(C#N)Cc2ccc(-c3ccc4oc(=O)n(C)c4c3)cc2)OC1. The number of nitrogens with zero attached hydrogens (tertiary/aromatic N) is 2. The van der Waals surface area contributed by atoms with Crippen molar-refractivity contribution >= 4 is 17.0 Å². The van der Waals surface area contributed by atoms with Crippen LogP contribution >= 0.6 is 0 Å². The Balaban J connectivity index is 1.40. The van der Waals surface area contributed by atoms with Crippen molar-refractivity contribution in [3.8, 4) is 17.2 Å². The summed E-state index contributed by atoms with van der Waals surface area (Å²) >= 11 is 0. The summed E-state index contributed by atoms with van der Waals surface area (Å²) < 4.78 is 12.2. The van der Waals surface area contributed by atoms with E-state index in [9.17, 15) is 20.0 Å². The smallest absolute Gasteiger partial charge is 0.408 e. The lowest BCUT2D eigenvalue weighted by molar-refractivity contribution is -0.134. The molecule has 34 heavy (non-hydrogen) atoms. The molecule has 1 aliphatic rings. The van der Waals surface area contributed by atoms with Gasteiger partial charge in [-0.3, -0.25) is 9.36 Å². The van der Waals surface area contributed by atoms with Crippen molar-refractivity contribution < 1.29 is 19.1 Å². The normalized spacial score (nSPS) is 21.4. The third-order valence-corrected chi connectivity index (χ3v) is 5.96. The van der Waals surface area contributed by atoms with E-state index in [0.29, 0.717) is 17.5 Å². The van der Waals surface area contributed by atoms with Crippen LogP contribution in [0.15, 0.2) is 64.3 Å². The molecule has 0 saturated carbocycles. The maximum atomic E-state index is 12.6. The van der Waals surface area contributed by atoms with Crippen LogP contribution in [0, 0.1) is 11.3 Å². The first kappa shape index (κ1) is 23.4. The zero-order valence-electron chi connectivity index (χ0n) is 18.8. The van der Waals surface area contributed by atoms with Gasteiger partial charge in [-0.25, -0.2) is 4.79 Å². The molecule has 2 heterocycles. The van der Waals surface area contributed by atoms with Gasteiger partial charge in [-0.2, -0.15) is 5.26 Å². The quantitative estimate of drug-likeness (QED) is 0.470. The van der Waals surface area contributed by atoms with Crippen molar-refractivity contribution in [3.05, 3.63) is 71.2 Å². The van der Waals surface area contributed by atoms with E-state index < -0.39 is 29.4 Å². The van der Waals surface area contributed by atoms with Gasteiger partial charge in [0.15, 0.2) is 5.58 Å². The third kappa shape index (κ3) is 4.94. The van der Waals surface area contributed by atoms with Gasteiger partial charge in [0, 0.05) is 26.6 Å².